The Balaban J connectivity index is 1.63. The van der Waals surface area contributed by atoms with Crippen LogP contribution in [0.1, 0.15) is 27.2 Å². The molecule has 30 heavy (non-hydrogen) atoms. The summed E-state index contributed by atoms with van der Waals surface area (Å²) in [6.07, 6.45) is 4.72. The van der Waals surface area contributed by atoms with Crippen LogP contribution in [0.4, 0.5) is 0 Å². The molecular weight excluding hydrogens is 420 g/mol. The van der Waals surface area contributed by atoms with E-state index in [1.165, 1.54) is 23.7 Å². The molecule has 0 bridgehead atoms. The van der Waals surface area contributed by atoms with Crippen LogP contribution in [-0.2, 0) is 19.4 Å². The van der Waals surface area contributed by atoms with Gasteiger partial charge in [-0.3, -0.25) is 14.2 Å². The highest BCUT2D eigenvalue weighted by Crippen LogP contribution is 2.36. The van der Waals surface area contributed by atoms with Crippen molar-refractivity contribution >= 4 is 39.1 Å². The molecule has 6 nitrogen and oxygen atoms in total. The molecule has 0 amide bonds. The van der Waals surface area contributed by atoms with E-state index in [9.17, 15) is 9.59 Å². The van der Waals surface area contributed by atoms with Crippen LogP contribution in [-0.4, -0.2) is 35.3 Å². The van der Waals surface area contributed by atoms with Gasteiger partial charge in [0, 0.05) is 17.0 Å². The first-order valence-electron chi connectivity index (χ1n) is 9.61. The first-order valence-corrected chi connectivity index (χ1v) is 11.4. The van der Waals surface area contributed by atoms with Crippen molar-refractivity contribution in [2.24, 2.45) is 0 Å². The highest BCUT2D eigenvalue weighted by Gasteiger charge is 2.23. The number of benzene rings is 1. The normalized spacial score (nSPS) is 12.7. The van der Waals surface area contributed by atoms with E-state index in [1.807, 2.05) is 0 Å². The van der Waals surface area contributed by atoms with Gasteiger partial charge in [-0.05, 0) is 43.0 Å². The van der Waals surface area contributed by atoms with E-state index in [2.05, 4.69) is 6.58 Å². The predicted octanol–water partition coefficient (Wildman–Crippen LogP) is 4.12. The van der Waals surface area contributed by atoms with Gasteiger partial charge < -0.3 is 9.47 Å². The molecule has 0 atom stereocenters. The highest BCUT2D eigenvalue weighted by molar-refractivity contribution is 7.99. The maximum absolute atomic E-state index is 13.2. The first-order chi connectivity index (χ1) is 14.6. The molecule has 3 aromatic rings. The number of ketones is 1. The molecule has 0 aliphatic heterocycles. The molecule has 1 aromatic carbocycles. The summed E-state index contributed by atoms with van der Waals surface area (Å²) in [6, 6.07) is 5.09. The van der Waals surface area contributed by atoms with Gasteiger partial charge in [0.25, 0.3) is 5.56 Å². The topological polar surface area (TPSA) is 70.4 Å². The van der Waals surface area contributed by atoms with Crippen LogP contribution in [0.2, 0.25) is 0 Å². The van der Waals surface area contributed by atoms with Gasteiger partial charge in [0.05, 0.1) is 25.4 Å². The van der Waals surface area contributed by atoms with E-state index in [4.69, 9.17) is 14.5 Å². The van der Waals surface area contributed by atoms with Crippen LogP contribution in [0.3, 0.4) is 0 Å². The predicted molar refractivity (Wildman–Crippen MR) is 121 cm³/mol. The molecule has 1 aliphatic rings. The van der Waals surface area contributed by atoms with Crippen LogP contribution in [0.25, 0.3) is 10.2 Å². The number of fused-ring (bicyclic) bond motifs is 3. The maximum Gasteiger partial charge on any atom is 0.263 e. The summed E-state index contributed by atoms with van der Waals surface area (Å²) >= 11 is 2.87. The van der Waals surface area contributed by atoms with Crippen molar-refractivity contribution in [1.29, 1.82) is 0 Å². The van der Waals surface area contributed by atoms with E-state index in [1.54, 1.807) is 47.3 Å². The quantitative estimate of drug-likeness (QED) is 0.226. The zero-order valence-corrected chi connectivity index (χ0v) is 18.5. The number of Topliss-reactive ketones (excluding diaryl/α,β-unsaturated/α-hetero) is 1. The molecule has 0 radical (unpaired) electrons. The van der Waals surface area contributed by atoms with Crippen molar-refractivity contribution < 1.29 is 14.3 Å². The molecule has 0 saturated heterocycles. The van der Waals surface area contributed by atoms with E-state index < -0.39 is 0 Å². The number of methoxy groups -OCH3 is 2. The molecule has 1 aliphatic carbocycles. The number of nitrogens with zero attached hydrogens (tertiary/aromatic N) is 2. The SMILES string of the molecule is C=CCn1c(SCC(=O)c2ccc(OC)c(OC)c2)nc2sc3c(c2c1=O)CCC3. The van der Waals surface area contributed by atoms with Gasteiger partial charge >= 0.3 is 0 Å². The zero-order valence-electron chi connectivity index (χ0n) is 16.9. The molecular formula is C22H22N2O4S2. The Bertz CT molecular complexity index is 1200. The maximum atomic E-state index is 13.2. The van der Waals surface area contributed by atoms with Crippen LogP contribution in [0, 0.1) is 0 Å². The van der Waals surface area contributed by atoms with Gasteiger partial charge in [-0.15, -0.1) is 17.9 Å². The standard InChI is InChI=1S/C22H22N2O4S2/c1-4-10-24-21(26)19-14-6-5-7-18(14)30-20(19)23-22(24)29-12-15(25)13-8-9-16(27-2)17(11-13)28-3/h4,8-9,11H,1,5-7,10,12H2,2-3H3. The summed E-state index contributed by atoms with van der Waals surface area (Å²) in [6.45, 7) is 4.13. The van der Waals surface area contributed by atoms with Gasteiger partial charge in [-0.1, -0.05) is 17.8 Å². The lowest BCUT2D eigenvalue weighted by Gasteiger charge is -2.11. The molecule has 0 unspecified atom stereocenters. The lowest BCUT2D eigenvalue weighted by Crippen LogP contribution is -2.23. The monoisotopic (exact) mass is 442 g/mol. The third-order valence-corrected chi connectivity index (χ3v) is 7.30. The number of thioether (sulfide) groups is 1. The van der Waals surface area contributed by atoms with Gasteiger partial charge in [0.15, 0.2) is 22.4 Å². The van der Waals surface area contributed by atoms with Crippen molar-refractivity contribution in [3.05, 3.63) is 57.2 Å². The van der Waals surface area contributed by atoms with Crippen molar-refractivity contribution in [3.8, 4) is 11.5 Å². The molecule has 0 saturated carbocycles. The summed E-state index contributed by atoms with van der Waals surface area (Å²) in [7, 11) is 3.09. The second kappa shape index (κ2) is 8.65. The number of aryl methyl sites for hydroxylation is 2. The van der Waals surface area contributed by atoms with Crippen molar-refractivity contribution in [2.45, 2.75) is 31.0 Å². The summed E-state index contributed by atoms with van der Waals surface area (Å²) in [5.74, 6) is 1.16. The van der Waals surface area contributed by atoms with E-state index in [-0.39, 0.29) is 17.1 Å². The average Bonchev–Trinajstić information content (AvgIpc) is 3.34. The Hall–Kier alpha value is -2.58. The van der Waals surface area contributed by atoms with E-state index in [0.29, 0.717) is 28.8 Å². The van der Waals surface area contributed by atoms with E-state index >= 15 is 0 Å². The zero-order chi connectivity index (χ0) is 21.3. The van der Waals surface area contributed by atoms with E-state index in [0.717, 1.165) is 35.0 Å². The fourth-order valence-corrected chi connectivity index (χ4v) is 5.89. The minimum Gasteiger partial charge on any atom is -0.493 e. The minimum atomic E-state index is -0.0749. The van der Waals surface area contributed by atoms with Crippen molar-refractivity contribution in [2.75, 3.05) is 20.0 Å². The van der Waals surface area contributed by atoms with Crippen LogP contribution < -0.4 is 15.0 Å². The Kier molecular flexibility index (Phi) is 5.97. The number of ether oxygens (including phenoxy) is 2. The Labute approximate surface area is 182 Å². The first kappa shape index (κ1) is 20.7. The summed E-state index contributed by atoms with van der Waals surface area (Å²) in [5, 5.41) is 1.28. The smallest absolute Gasteiger partial charge is 0.263 e. The largest absolute Gasteiger partial charge is 0.493 e. The number of carbonyl (C=O) groups excluding carboxylic acids is 1. The Morgan fingerprint density at radius 3 is 2.83 bits per heavy atom. The highest BCUT2D eigenvalue weighted by atomic mass is 32.2. The number of thiophene rings is 1. The second-order valence-electron chi connectivity index (χ2n) is 6.92. The molecule has 156 valence electrons. The lowest BCUT2D eigenvalue weighted by molar-refractivity contribution is 0.102. The van der Waals surface area contributed by atoms with Crippen LogP contribution in [0.15, 0.2) is 40.8 Å². The van der Waals surface area contributed by atoms with Crippen molar-refractivity contribution in [1.82, 2.24) is 9.55 Å². The fourth-order valence-electron chi connectivity index (χ4n) is 3.68. The van der Waals surface area contributed by atoms with Crippen LogP contribution in [0.5, 0.6) is 11.5 Å². The number of carbonyl (C=O) groups is 1. The number of allylic oxidation sites excluding steroid dienone is 1. The van der Waals surface area contributed by atoms with Crippen molar-refractivity contribution in [3.63, 3.8) is 0 Å². The Morgan fingerprint density at radius 2 is 2.10 bits per heavy atom. The molecule has 8 heteroatoms. The van der Waals surface area contributed by atoms with Gasteiger partial charge in [-0.25, -0.2) is 4.98 Å². The summed E-state index contributed by atoms with van der Waals surface area (Å²) in [4.78, 5) is 32.7. The molecule has 0 spiro atoms. The number of rotatable bonds is 8. The average molecular weight is 443 g/mol. The molecule has 2 heterocycles. The van der Waals surface area contributed by atoms with Gasteiger partial charge in [-0.2, -0.15) is 0 Å². The third kappa shape index (κ3) is 3.65. The Morgan fingerprint density at radius 1 is 1.30 bits per heavy atom. The fraction of sp³-hybridized carbons (Fsp3) is 0.318. The number of aromatic nitrogens is 2. The van der Waals surface area contributed by atoms with Gasteiger partial charge in [0.1, 0.15) is 4.83 Å². The number of hydrogen-bond acceptors (Lipinski definition) is 7. The molecule has 4 rings (SSSR count). The second-order valence-corrected chi connectivity index (χ2v) is 8.94. The molecule has 0 fully saturated rings. The molecule has 2 aromatic heterocycles. The number of hydrogen-bond donors (Lipinski definition) is 0. The summed E-state index contributed by atoms with van der Waals surface area (Å²) < 4.78 is 12.1. The molecule has 0 N–H and O–H groups in total. The lowest BCUT2D eigenvalue weighted by atomic mass is 10.1. The van der Waals surface area contributed by atoms with Gasteiger partial charge in [0.2, 0.25) is 0 Å². The summed E-state index contributed by atoms with van der Waals surface area (Å²) in [5.41, 5.74) is 1.64. The third-order valence-electron chi connectivity index (χ3n) is 5.14. The van der Waals surface area contributed by atoms with Crippen LogP contribution >= 0.6 is 23.1 Å². The minimum absolute atomic E-state index is 0.0413.